The summed E-state index contributed by atoms with van der Waals surface area (Å²) in [6.07, 6.45) is -0.747. The highest BCUT2D eigenvalue weighted by atomic mass is 35.5. The van der Waals surface area contributed by atoms with E-state index in [-0.39, 0.29) is 0 Å². The Kier molecular flexibility index (Phi) is 5.63. The van der Waals surface area contributed by atoms with Crippen molar-refractivity contribution < 1.29 is 14.3 Å². The Morgan fingerprint density at radius 2 is 1.91 bits per heavy atom. The van der Waals surface area contributed by atoms with Crippen molar-refractivity contribution in [3.63, 3.8) is 0 Å². The first-order chi connectivity index (χ1) is 10.9. The molecule has 1 heterocycles. The Balaban J connectivity index is 1.90. The third kappa shape index (κ3) is 4.46. The summed E-state index contributed by atoms with van der Waals surface area (Å²) < 4.78 is 6.16. The smallest absolute Gasteiger partial charge is 0.279 e. The lowest BCUT2D eigenvalue weighted by atomic mass is 10.1. The van der Waals surface area contributed by atoms with Crippen LogP contribution in [0.3, 0.4) is 0 Å². The van der Waals surface area contributed by atoms with E-state index in [1.54, 1.807) is 25.1 Å². The highest BCUT2D eigenvalue weighted by Gasteiger charge is 2.17. The molecular formula is C16H17ClN2O3S. The molecule has 0 bridgehead atoms. The van der Waals surface area contributed by atoms with Crippen LogP contribution in [0.15, 0.2) is 30.3 Å². The maximum Gasteiger partial charge on any atom is 0.279 e. The molecule has 2 amide bonds. The lowest BCUT2D eigenvalue weighted by Gasteiger charge is -2.17. The highest BCUT2D eigenvalue weighted by molar-refractivity contribution is 7.17. The Labute approximate surface area is 143 Å². The molecule has 0 spiro atoms. The summed E-state index contributed by atoms with van der Waals surface area (Å²) in [6, 6.07) is 8.85. The lowest BCUT2D eigenvalue weighted by Crippen LogP contribution is -2.47. The van der Waals surface area contributed by atoms with Crippen LogP contribution in [0.5, 0.6) is 5.75 Å². The van der Waals surface area contributed by atoms with Gasteiger partial charge in [0.05, 0.1) is 9.21 Å². The van der Waals surface area contributed by atoms with Gasteiger partial charge in [0.25, 0.3) is 11.8 Å². The quantitative estimate of drug-likeness (QED) is 0.830. The number of halogens is 1. The molecule has 0 aliphatic carbocycles. The summed E-state index contributed by atoms with van der Waals surface area (Å²) in [5, 5.41) is 0. The summed E-state index contributed by atoms with van der Waals surface area (Å²) in [7, 11) is 0. The van der Waals surface area contributed by atoms with Gasteiger partial charge in [-0.05, 0) is 50.1 Å². The minimum Gasteiger partial charge on any atom is -0.481 e. The standard InChI is InChI=1S/C16H17ClN2O3S/c1-9-5-4-6-12(10(9)2)22-11(3)15(20)18-19-16(21)13-7-8-14(17)23-13/h4-8,11H,1-3H3,(H,18,20)(H,19,21)/t11-/m0/s1. The van der Waals surface area contributed by atoms with Crippen LogP contribution in [0.2, 0.25) is 4.34 Å². The van der Waals surface area contributed by atoms with Crippen molar-refractivity contribution in [2.24, 2.45) is 0 Å². The zero-order chi connectivity index (χ0) is 17.0. The fourth-order valence-corrected chi connectivity index (χ4v) is 2.75. The normalized spacial score (nSPS) is 11.7. The van der Waals surface area contributed by atoms with Crippen LogP contribution in [0.25, 0.3) is 0 Å². The third-order valence-electron chi connectivity index (χ3n) is 3.32. The number of hydrogen-bond donors (Lipinski definition) is 2. The first kappa shape index (κ1) is 17.3. The van der Waals surface area contributed by atoms with Crippen molar-refractivity contribution in [2.75, 3.05) is 0 Å². The number of ether oxygens (including phenoxy) is 1. The van der Waals surface area contributed by atoms with E-state index in [0.717, 1.165) is 22.5 Å². The van der Waals surface area contributed by atoms with Crippen molar-refractivity contribution in [3.05, 3.63) is 50.7 Å². The van der Waals surface area contributed by atoms with E-state index in [1.807, 2.05) is 26.0 Å². The second-order valence-corrected chi connectivity index (χ2v) is 6.72. The van der Waals surface area contributed by atoms with Gasteiger partial charge in [-0.15, -0.1) is 11.3 Å². The first-order valence-electron chi connectivity index (χ1n) is 6.97. The van der Waals surface area contributed by atoms with E-state index in [9.17, 15) is 9.59 Å². The molecule has 122 valence electrons. The molecule has 2 N–H and O–H groups in total. The van der Waals surface area contributed by atoms with E-state index in [4.69, 9.17) is 16.3 Å². The Bertz CT molecular complexity index is 730. The molecule has 0 radical (unpaired) electrons. The van der Waals surface area contributed by atoms with Gasteiger partial charge in [-0.25, -0.2) is 0 Å². The predicted octanol–water partition coefficient (Wildman–Crippen LogP) is 3.25. The van der Waals surface area contributed by atoms with E-state index in [1.165, 1.54) is 0 Å². The Morgan fingerprint density at radius 3 is 2.57 bits per heavy atom. The lowest BCUT2D eigenvalue weighted by molar-refractivity contribution is -0.128. The van der Waals surface area contributed by atoms with E-state index < -0.39 is 17.9 Å². The molecule has 23 heavy (non-hydrogen) atoms. The van der Waals surface area contributed by atoms with Gasteiger partial charge >= 0.3 is 0 Å². The topological polar surface area (TPSA) is 67.4 Å². The molecule has 5 nitrogen and oxygen atoms in total. The second-order valence-electron chi connectivity index (χ2n) is 5.01. The summed E-state index contributed by atoms with van der Waals surface area (Å²) >= 11 is 6.90. The maximum atomic E-state index is 12.0. The molecule has 1 aromatic carbocycles. The summed E-state index contributed by atoms with van der Waals surface area (Å²) in [5.74, 6) is -0.222. The van der Waals surface area contributed by atoms with Gasteiger partial charge < -0.3 is 4.74 Å². The van der Waals surface area contributed by atoms with Crippen LogP contribution in [-0.2, 0) is 4.79 Å². The number of carbonyl (C=O) groups is 2. The molecule has 0 unspecified atom stereocenters. The fraction of sp³-hybridized carbons (Fsp3) is 0.250. The number of carbonyl (C=O) groups excluding carboxylic acids is 2. The van der Waals surface area contributed by atoms with Crippen LogP contribution < -0.4 is 15.6 Å². The third-order valence-corrected chi connectivity index (χ3v) is 4.55. The van der Waals surface area contributed by atoms with Crippen LogP contribution in [0.4, 0.5) is 0 Å². The van der Waals surface area contributed by atoms with Gasteiger partial charge in [0.2, 0.25) is 0 Å². The van der Waals surface area contributed by atoms with Gasteiger partial charge in [-0.2, -0.15) is 0 Å². The minimum absolute atomic E-state index is 0.415. The summed E-state index contributed by atoms with van der Waals surface area (Å²) in [4.78, 5) is 24.3. The van der Waals surface area contributed by atoms with Crippen molar-refractivity contribution in [1.82, 2.24) is 10.9 Å². The SMILES string of the molecule is Cc1cccc(O[C@@H](C)C(=O)NNC(=O)c2ccc(Cl)s2)c1C. The van der Waals surface area contributed by atoms with Crippen LogP contribution >= 0.6 is 22.9 Å². The van der Waals surface area contributed by atoms with E-state index in [2.05, 4.69) is 10.9 Å². The highest BCUT2D eigenvalue weighted by Crippen LogP contribution is 2.22. The minimum atomic E-state index is -0.747. The molecular weight excluding hydrogens is 336 g/mol. The van der Waals surface area contributed by atoms with Crippen LogP contribution in [-0.4, -0.2) is 17.9 Å². The molecule has 0 fully saturated rings. The number of hydrogen-bond acceptors (Lipinski definition) is 4. The van der Waals surface area contributed by atoms with E-state index in [0.29, 0.717) is 15.0 Å². The second kappa shape index (κ2) is 7.48. The first-order valence-corrected chi connectivity index (χ1v) is 8.16. The van der Waals surface area contributed by atoms with Crippen molar-refractivity contribution in [2.45, 2.75) is 26.9 Å². The molecule has 0 aliphatic rings. The number of thiophene rings is 1. The summed E-state index contributed by atoms with van der Waals surface area (Å²) in [5.41, 5.74) is 6.74. The number of nitrogens with one attached hydrogen (secondary N) is 2. The number of rotatable bonds is 4. The van der Waals surface area contributed by atoms with Gasteiger partial charge in [-0.1, -0.05) is 23.7 Å². The Morgan fingerprint density at radius 1 is 1.17 bits per heavy atom. The van der Waals surface area contributed by atoms with Crippen LogP contribution in [0.1, 0.15) is 27.7 Å². The van der Waals surface area contributed by atoms with E-state index >= 15 is 0 Å². The molecule has 2 aromatic rings. The zero-order valence-corrected chi connectivity index (χ0v) is 14.5. The maximum absolute atomic E-state index is 12.0. The van der Waals surface area contributed by atoms with Gasteiger partial charge in [0.1, 0.15) is 5.75 Å². The van der Waals surface area contributed by atoms with Gasteiger partial charge in [0, 0.05) is 0 Å². The average Bonchev–Trinajstić information content (AvgIpc) is 2.95. The summed E-state index contributed by atoms with van der Waals surface area (Å²) in [6.45, 7) is 5.52. The van der Waals surface area contributed by atoms with Crippen molar-refractivity contribution >= 4 is 34.8 Å². The predicted molar refractivity (Wildman–Crippen MR) is 90.9 cm³/mol. The molecule has 0 saturated heterocycles. The average molecular weight is 353 g/mol. The molecule has 1 atom stereocenters. The van der Waals surface area contributed by atoms with Crippen LogP contribution in [0, 0.1) is 13.8 Å². The fourth-order valence-electron chi connectivity index (χ4n) is 1.81. The molecule has 1 aromatic heterocycles. The molecule has 0 aliphatic heterocycles. The number of aryl methyl sites for hydroxylation is 1. The Hall–Kier alpha value is -2.05. The van der Waals surface area contributed by atoms with Crippen molar-refractivity contribution in [1.29, 1.82) is 0 Å². The van der Waals surface area contributed by atoms with Crippen molar-refractivity contribution in [3.8, 4) is 5.75 Å². The van der Waals surface area contributed by atoms with Gasteiger partial charge in [0.15, 0.2) is 6.10 Å². The molecule has 2 rings (SSSR count). The number of hydrazine groups is 1. The largest absolute Gasteiger partial charge is 0.481 e. The monoisotopic (exact) mass is 352 g/mol. The molecule has 0 saturated carbocycles. The van der Waals surface area contributed by atoms with Gasteiger partial charge in [-0.3, -0.25) is 20.4 Å². The zero-order valence-electron chi connectivity index (χ0n) is 13.0. The molecule has 7 heteroatoms. The number of amides is 2. The number of benzene rings is 1.